The molecular weight excluding hydrogens is 248 g/mol. The third kappa shape index (κ3) is 10.4. The van der Waals surface area contributed by atoms with E-state index in [0.717, 1.165) is 6.54 Å². The molecule has 7 heteroatoms. The molecule has 3 amide bonds. The van der Waals surface area contributed by atoms with Crippen molar-refractivity contribution in [3.63, 3.8) is 0 Å². The molecule has 0 rings (SSSR count). The highest BCUT2D eigenvalue weighted by Gasteiger charge is 2.14. The summed E-state index contributed by atoms with van der Waals surface area (Å²) >= 11 is 0. The SMILES string of the molecule is CCNC(=O)NC(=O)C(C)NCCOCCN(C)C. The first-order valence-electron chi connectivity index (χ1n) is 6.52. The minimum Gasteiger partial charge on any atom is -0.379 e. The van der Waals surface area contributed by atoms with E-state index in [1.165, 1.54) is 0 Å². The van der Waals surface area contributed by atoms with Gasteiger partial charge in [0.05, 0.1) is 19.3 Å². The third-order valence-corrected chi connectivity index (χ3v) is 2.35. The Kier molecular flexibility index (Phi) is 10.1. The van der Waals surface area contributed by atoms with Crippen molar-refractivity contribution < 1.29 is 14.3 Å². The van der Waals surface area contributed by atoms with Gasteiger partial charge in [0.25, 0.3) is 0 Å². The molecule has 0 aliphatic carbocycles. The number of imide groups is 1. The van der Waals surface area contributed by atoms with Crippen LogP contribution in [0.2, 0.25) is 0 Å². The molecule has 0 heterocycles. The summed E-state index contributed by atoms with van der Waals surface area (Å²) in [5.74, 6) is -0.348. The quantitative estimate of drug-likeness (QED) is 0.489. The fourth-order valence-electron chi connectivity index (χ4n) is 1.21. The standard InChI is InChI=1S/C12H26N4O3/c1-5-13-12(18)15-11(17)10(2)14-6-8-19-9-7-16(3)4/h10,14H,5-9H2,1-4H3,(H2,13,15,17,18). The van der Waals surface area contributed by atoms with Crippen LogP contribution in [0.5, 0.6) is 0 Å². The van der Waals surface area contributed by atoms with Crippen LogP contribution in [0, 0.1) is 0 Å². The zero-order chi connectivity index (χ0) is 14.7. The summed E-state index contributed by atoms with van der Waals surface area (Å²) in [5, 5.41) is 7.73. The lowest BCUT2D eigenvalue weighted by Gasteiger charge is -2.14. The van der Waals surface area contributed by atoms with E-state index in [1.54, 1.807) is 13.8 Å². The molecule has 0 aliphatic heterocycles. The molecule has 7 nitrogen and oxygen atoms in total. The Balaban J connectivity index is 3.59. The average molecular weight is 274 g/mol. The fraction of sp³-hybridized carbons (Fsp3) is 0.833. The first kappa shape index (κ1) is 17.8. The average Bonchev–Trinajstić information content (AvgIpc) is 2.33. The van der Waals surface area contributed by atoms with Crippen LogP contribution in [0.15, 0.2) is 0 Å². The molecule has 0 bridgehead atoms. The number of hydrogen-bond acceptors (Lipinski definition) is 5. The third-order valence-electron chi connectivity index (χ3n) is 2.35. The first-order valence-corrected chi connectivity index (χ1v) is 6.52. The molecule has 19 heavy (non-hydrogen) atoms. The van der Waals surface area contributed by atoms with Gasteiger partial charge in [-0.3, -0.25) is 10.1 Å². The summed E-state index contributed by atoms with van der Waals surface area (Å²) in [4.78, 5) is 24.7. The smallest absolute Gasteiger partial charge is 0.321 e. The zero-order valence-electron chi connectivity index (χ0n) is 12.3. The van der Waals surface area contributed by atoms with Crippen molar-refractivity contribution in [2.24, 2.45) is 0 Å². The van der Waals surface area contributed by atoms with Gasteiger partial charge in [-0.05, 0) is 27.9 Å². The van der Waals surface area contributed by atoms with E-state index in [-0.39, 0.29) is 5.91 Å². The zero-order valence-corrected chi connectivity index (χ0v) is 12.3. The molecule has 1 atom stereocenters. The fourth-order valence-corrected chi connectivity index (χ4v) is 1.21. The Labute approximate surface area is 115 Å². The van der Waals surface area contributed by atoms with Gasteiger partial charge in [0.15, 0.2) is 0 Å². The maximum atomic E-state index is 11.6. The minimum absolute atomic E-state index is 0.348. The molecule has 0 saturated heterocycles. The van der Waals surface area contributed by atoms with Crippen LogP contribution in [0.25, 0.3) is 0 Å². The Morgan fingerprint density at radius 2 is 1.95 bits per heavy atom. The summed E-state index contributed by atoms with van der Waals surface area (Å²) in [7, 11) is 3.96. The second-order valence-electron chi connectivity index (χ2n) is 4.44. The second kappa shape index (κ2) is 10.7. The predicted molar refractivity (Wildman–Crippen MR) is 74.1 cm³/mol. The topological polar surface area (TPSA) is 82.7 Å². The van der Waals surface area contributed by atoms with Crippen molar-refractivity contribution in [3.8, 4) is 0 Å². The second-order valence-corrected chi connectivity index (χ2v) is 4.44. The largest absolute Gasteiger partial charge is 0.379 e. The Bertz CT molecular complexity index is 272. The van der Waals surface area contributed by atoms with Crippen molar-refractivity contribution in [1.82, 2.24) is 20.9 Å². The molecule has 3 N–H and O–H groups in total. The number of carbonyl (C=O) groups excluding carboxylic acids is 2. The Morgan fingerprint density at radius 3 is 2.53 bits per heavy atom. The Hall–Kier alpha value is -1.18. The lowest BCUT2D eigenvalue weighted by Crippen LogP contribution is -2.48. The van der Waals surface area contributed by atoms with Crippen LogP contribution in [-0.2, 0) is 9.53 Å². The summed E-state index contributed by atoms with van der Waals surface area (Å²) < 4.78 is 5.38. The van der Waals surface area contributed by atoms with E-state index in [4.69, 9.17) is 4.74 Å². The maximum Gasteiger partial charge on any atom is 0.321 e. The monoisotopic (exact) mass is 274 g/mol. The van der Waals surface area contributed by atoms with Gasteiger partial charge < -0.3 is 20.3 Å². The van der Waals surface area contributed by atoms with Crippen LogP contribution in [-0.4, -0.2) is 69.8 Å². The van der Waals surface area contributed by atoms with Gasteiger partial charge in [0, 0.05) is 19.6 Å². The summed E-state index contributed by atoms with van der Waals surface area (Å²) in [5.41, 5.74) is 0. The molecule has 1 unspecified atom stereocenters. The van der Waals surface area contributed by atoms with Crippen molar-refractivity contribution in [2.75, 3.05) is 46.9 Å². The molecule has 0 spiro atoms. The summed E-state index contributed by atoms with van der Waals surface area (Å²) in [6, 6.07) is -0.900. The van der Waals surface area contributed by atoms with Crippen molar-refractivity contribution in [3.05, 3.63) is 0 Å². The molecule has 112 valence electrons. The van der Waals surface area contributed by atoms with E-state index in [0.29, 0.717) is 26.3 Å². The van der Waals surface area contributed by atoms with Crippen molar-refractivity contribution in [2.45, 2.75) is 19.9 Å². The predicted octanol–water partition coefficient (Wildman–Crippen LogP) is -0.612. The molecule has 0 fully saturated rings. The first-order chi connectivity index (χ1) is 8.97. The van der Waals surface area contributed by atoms with Crippen molar-refractivity contribution >= 4 is 11.9 Å². The van der Waals surface area contributed by atoms with Gasteiger partial charge in [-0.1, -0.05) is 0 Å². The summed E-state index contributed by atoms with van der Waals surface area (Å²) in [6.45, 7) is 6.61. The van der Waals surface area contributed by atoms with E-state index in [9.17, 15) is 9.59 Å². The van der Waals surface area contributed by atoms with Crippen molar-refractivity contribution in [1.29, 1.82) is 0 Å². The van der Waals surface area contributed by atoms with Gasteiger partial charge in [-0.2, -0.15) is 0 Å². The molecule has 0 aliphatic rings. The molecular formula is C12H26N4O3. The van der Waals surface area contributed by atoms with E-state index >= 15 is 0 Å². The molecule has 0 aromatic rings. The molecule has 0 saturated carbocycles. The molecule has 0 aromatic carbocycles. The summed E-state index contributed by atoms with van der Waals surface area (Å²) in [6.07, 6.45) is 0. The lowest BCUT2D eigenvalue weighted by atomic mass is 10.3. The van der Waals surface area contributed by atoms with Gasteiger partial charge in [0.2, 0.25) is 5.91 Å². The maximum absolute atomic E-state index is 11.6. The van der Waals surface area contributed by atoms with Gasteiger partial charge in [0.1, 0.15) is 0 Å². The van der Waals surface area contributed by atoms with E-state index < -0.39 is 12.1 Å². The van der Waals surface area contributed by atoms with Gasteiger partial charge in [-0.25, -0.2) is 4.79 Å². The highest BCUT2D eigenvalue weighted by atomic mass is 16.5. The number of rotatable bonds is 9. The van der Waals surface area contributed by atoms with E-state index in [1.807, 2.05) is 19.0 Å². The number of urea groups is 1. The number of nitrogens with zero attached hydrogens (tertiary/aromatic N) is 1. The number of amides is 3. The van der Waals surface area contributed by atoms with Crippen LogP contribution in [0.4, 0.5) is 4.79 Å². The van der Waals surface area contributed by atoms with E-state index in [2.05, 4.69) is 16.0 Å². The normalized spacial score (nSPS) is 12.3. The van der Waals surface area contributed by atoms with Crippen LogP contribution in [0.1, 0.15) is 13.8 Å². The van der Waals surface area contributed by atoms with Crippen LogP contribution < -0.4 is 16.0 Å². The lowest BCUT2D eigenvalue weighted by molar-refractivity contribution is -0.121. The van der Waals surface area contributed by atoms with Crippen LogP contribution >= 0.6 is 0 Å². The number of ether oxygens (including phenoxy) is 1. The Morgan fingerprint density at radius 1 is 1.26 bits per heavy atom. The van der Waals surface area contributed by atoms with Gasteiger partial charge in [-0.15, -0.1) is 0 Å². The highest BCUT2D eigenvalue weighted by molar-refractivity contribution is 5.96. The number of likely N-dealkylation sites (N-methyl/N-ethyl adjacent to an activating group) is 1. The number of carbonyl (C=O) groups is 2. The minimum atomic E-state index is -0.469. The number of nitrogens with one attached hydrogen (secondary N) is 3. The molecule has 0 aromatic heterocycles. The van der Waals surface area contributed by atoms with Gasteiger partial charge >= 0.3 is 6.03 Å². The van der Waals surface area contributed by atoms with Crippen LogP contribution in [0.3, 0.4) is 0 Å². The molecule has 0 radical (unpaired) electrons. The highest BCUT2D eigenvalue weighted by Crippen LogP contribution is 1.83. The number of hydrogen-bond donors (Lipinski definition) is 3.